The van der Waals surface area contributed by atoms with Gasteiger partial charge >= 0.3 is 12.1 Å². The van der Waals surface area contributed by atoms with E-state index in [9.17, 15) is 9.59 Å². The molecule has 0 saturated heterocycles. The maximum atomic E-state index is 11.8. The van der Waals surface area contributed by atoms with E-state index in [2.05, 4.69) is 5.32 Å². The van der Waals surface area contributed by atoms with Crippen LogP contribution < -0.4 is 5.32 Å². The molecule has 0 aromatic heterocycles. The van der Waals surface area contributed by atoms with Gasteiger partial charge in [0.25, 0.3) is 0 Å². The summed E-state index contributed by atoms with van der Waals surface area (Å²) in [6, 6.07) is 0. The molecule has 1 rings (SSSR count). The fourth-order valence-electron chi connectivity index (χ4n) is 2.23. The smallest absolute Gasteiger partial charge is 0.410 e. The molecule has 0 radical (unpaired) electrons. The predicted molar refractivity (Wildman–Crippen MR) is 77.5 cm³/mol. The van der Waals surface area contributed by atoms with Crippen molar-refractivity contribution < 1.29 is 28.8 Å². The Bertz CT molecular complexity index is 333. The second-order valence-electron chi connectivity index (χ2n) is 5.12. The zero-order valence-corrected chi connectivity index (χ0v) is 13.2. The number of carbonyl (C=O) groups excluding carboxylic acids is 2. The van der Waals surface area contributed by atoms with Crippen molar-refractivity contribution in [1.82, 2.24) is 5.32 Å². The maximum Gasteiger partial charge on any atom is 0.410 e. The molecule has 122 valence electrons. The van der Waals surface area contributed by atoms with E-state index in [1.165, 1.54) is 6.92 Å². The number of ether oxygens (including phenoxy) is 2. The molecule has 1 aliphatic rings. The maximum absolute atomic E-state index is 11.8. The molecule has 1 saturated carbocycles. The van der Waals surface area contributed by atoms with Crippen molar-refractivity contribution in [3.63, 3.8) is 0 Å². The molecule has 7 nitrogen and oxygen atoms in total. The zero-order chi connectivity index (χ0) is 15.7. The molecule has 1 amide bonds. The molecule has 3 N–H and O–H groups in total. The minimum absolute atomic E-state index is 0.0822. The van der Waals surface area contributed by atoms with Crippen molar-refractivity contribution in [2.24, 2.45) is 5.92 Å². The number of hydrogen-bond acceptors (Lipinski definition) is 6. The minimum atomic E-state index is -1.93. The molecule has 0 aromatic carbocycles. The van der Waals surface area contributed by atoms with Crippen LogP contribution in [0.5, 0.6) is 0 Å². The highest BCUT2D eigenvalue weighted by Crippen LogP contribution is 2.25. The van der Waals surface area contributed by atoms with E-state index in [0.717, 1.165) is 32.1 Å². The van der Waals surface area contributed by atoms with Gasteiger partial charge in [0, 0.05) is 19.6 Å². The van der Waals surface area contributed by atoms with Crippen molar-refractivity contribution in [3.8, 4) is 0 Å². The normalized spacial score (nSPS) is 17.3. The average Bonchev–Trinajstić information content (AvgIpc) is 2.44. The molecule has 1 aliphatic carbocycles. The Morgan fingerprint density at radius 3 is 2.52 bits per heavy atom. The van der Waals surface area contributed by atoms with Gasteiger partial charge in [0.15, 0.2) is 8.38 Å². The monoisotopic (exact) mass is 321 g/mol. The van der Waals surface area contributed by atoms with E-state index in [0.29, 0.717) is 6.42 Å². The molecule has 0 aromatic rings. The molecule has 1 unspecified atom stereocenters. The van der Waals surface area contributed by atoms with Crippen LogP contribution in [0.25, 0.3) is 0 Å². The first-order valence-electron chi connectivity index (χ1n) is 7.29. The Balaban J connectivity index is 2.15. The molecule has 0 bridgehead atoms. The van der Waals surface area contributed by atoms with E-state index in [4.69, 9.17) is 19.3 Å². The predicted octanol–water partition coefficient (Wildman–Crippen LogP) is 1.87. The number of nitrogens with one attached hydrogen (secondary N) is 1. The van der Waals surface area contributed by atoms with Crippen LogP contribution in [-0.4, -0.2) is 40.8 Å². The summed E-state index contributed by atoms with van der Waals surface area (Å²) in [6.45, 7) is 1.78. The number of amides is 1. The largest absolute Gasteiger partial charge is 0.425 e. The topological polar surface area (TPSA) is 105 Å². The first-order valence-corrected chi connectivity index (χ1v) is 8.72. The third-order valence-electron chi connectivity index (χ3n) is 3.30. The van der Waals surface area contributed by atoms with Crippen molar-refractivity contribution in [2.45, 2.75) is 51.7 Å². The van der Waals surface area contributed by atoms with Gasteiger partial charge in [-0.3, -0.25) is 4.79 Å². The van der Waals surface area contributed by atoms with Crippen LogP contribution in [0, 0.1) is 5.92 Å². The average molecular weight is 321 g/mol. The van der Waals surface area contributed by atoms with Crippen LogP contribution in [0.1, 0.15) is 45.4 Å². The number of hydrogen-bond donors (Lipinski definition) is 3. The van der Waals surface area contributed by atoms with Crippen LogP contribution in [0.2, 0.25) is 0 Å². The Hall–Kier alpha value is -0.910. The van der Waals surface area contributed by atoms with Gasteiger partial charge in [-0.2, -0.15) is 0 Å². The fourth-order valence-corrected chi connectivity index (χ4v) is 2.67. The quantitative estimate of drug-likeness (QED) is 0.286. The van der Waals surface area contributed by atoms with Crippen LogP contribution in [0.15, 0.2) is 0 Å². The van der Waals surface area contributed by atoms with E-state index < -0.39 is 20.8 Å². The van der Waals surface area contributed by atoms with Crippen LogP contribution in [0.3, 0.4) is 0 Å². The molecular weight excluding hydrogens is 297 g/mol. The van der Waals surface area contributed by atoms with Gasteiger partial charge < -0.3 is 24.6 Å². The van der Waals surface area contributed by atoms with E-state index in [1.807, 2.05) is 0 Å². The first-order chi connectivity index (χ1) is 9.99. The summed E-state index contributed by atoms with van der Waals surface area (Å²) >= 11 is 0. The van der Waals surface area contributed by atoms with Gasteiger partial charge in [0.05, 0.1) is 5.92 Å². The number of carbonyl (C=O) groups is 2. The van der Waals surface area contributed by atoms with Crippen molar-refractivity contribution in [3.05, 3.63) is 0 Å². The van der Waals surface area contributed by atoms with Gasteiger partial charge in [-0.25, -0.2) is 4.79 Å². The van der Waals surface area contributed by atoms with E-state index in [1.54, 1.807) is 0 Å². The van der Waals surface area contributed by atoms with Crippen LogP contribution >= 0.6 is 8.38 Å². The standard InChI is InChI=1S/C13H24NO6P/c1-10(19-12(15)11-6-3-2-4-7-11)20-13(16)14-8-5-9-21(17)18/h10-11,17-18H,2-9H2,1H3,(H,14,16). The highest BCUT2D eigenvalue weighted by atomic mass is 31.2. The Morgan fingerprint density at radius 1 is 1.24 bits per heavy atom. The summed E-state index contributed by atoms with van der Waals surface area (Å²) in [4.78, 5) is 40.7. The lowest BCUT2D eigenvalue weighted by Gasteiger charge is -2.22. The second-order valence-corrected chi connectivity index (χ2v) is 6.31. The Kier molecular flexibility index (Phi) is 8.57. The molecule has 8 heteroatoms. The van der Waals surface area contributed by atoms with Gasteiger partial charge in [-0.1, -0.05) is 19.3 Å². The Labute approximate surface area is 125 Å². The minimum Gasteiger partial charge on any atom is -0.425 e. The molecule has 1 atom stereocenters. The molecule has 0 spiro atoms. The fraction of sp³-hybridized carbons (Fsp3) is 0.846. The second kappa shape index (κ2) is 9.92. The SMILES string of the molecule is CC(OC(=O)NCCCP(O)O)OC(=O)C1CCCCC1. The number of rotatable bonds is 7. The number of esters is 1. The van der Waals surface area contributed by atoms with Gasteiger partial charge in [0.1, 0.15) is 0 Å². The highest BCUT2D eigenvalue weighted by Gasteiger charge is 2.25. The summed E-state index contributed by atoms with van der Waals surface area (Å²) in [5.41, 5.74) is 0. The lowest BCUT2D eigenvalue weighted by atomic mass is 9.89. The lowest BCUT2D eigenvalue weighted by molar-refractivity contribution is -0.170. The number of alkyl carbamates (subject to hydrolysis) is 1. The van der Waals surface area contributed by atoms with Gasteiger partial charge in [-0.15, -0.1) is 0 Å². The summed E-state index contributed by atoms with van der Waals surface area (Å²) < 4.78 is 10.0. The van der Waals surface area contributed by atoms with Crippen LogP contribution in [-0.2, 0) is 14.3 Å². The molecule has 0 heterocycles. The molecule has 21 heavy (non-hydrogen) atoms. The van der Waals surface area contributed by atoms with E-state index in [-0.39, 0.29) is 24.6 Å². The van der Waals surface area contributed by atoms with Gasteiger partial charge in [-0.05, 0) is 19.3 Å². The highest BCUT2D eigenvalue weighted by molar-refractivity contribution is 7.45. The van der Waals surface area contributed by atoms with Crippen LogP contribution in [0.4, 0.5) is 4.79 Å². The van der Waals surface area contributed by atoms with Crippen molar-refractivity contribution in [2.75, 3.05) is 12.7 Å². The van der Waals surface area contributed by atoms with Crippen molar-refractivity contribution in [1.29, 1.82) is 0 Å². The Morgan fingerprint density at radius 2 is 1.90 bits per heavy atom. The molecular formula is C13H24NO6P. The summed E-state index contributed by atoms with van der Waals surface area (Å²) in [5, 5.41) is 2.46. The zero-order valence-electron chi connectivity index (χ0n) is 12.3. The third-order valence-corrected chi connectivity index (χ3v) is 4.01. The van der Waals surface area contributed by atoms with Crippen molar-refractivity contribution >= 4 is 20.4 Å². The lowest BCUT2D eigenvalue weighted by Crippen LogP contribution is -2.32. The summed E-state index contributed by atoms with van der Waals surface area (Å²) in [7, 11) is -1.93. The van der Waals surface area contributed by atoms with Gasteiger partial charge in [0.2, 0.25) is 6.29 Å². The van der Waals surface area contributed by atoms with E-state index >= 15 is 0 Å². The summed E-state index contributed by atoms with van der Waals surface area (Å²) in [6.07, 6.45) is 3.98. The molecule has 1 fully saturated rings. The molecule has 0 aliphatic heterocycles. The summed E-state index contributed by atoms with van der Waals surface area (Å²) in [5.74, 6) is -0.387. The third kappa shape index (κ3) is 8.19. The first kappa shape index (κ1) is 18.1.